The summed E-state index contributed by atoms with van der Waals surface area (Å²) in [5.41, 5.74) is 3.04. The van der Waals surface area contributed by atoms with Crippen LogP contribution < -0.4 is 0 Å². The van der Waals surface area contributed by atoms with Crippen molar-refractivity contribution in [3.8, 4) is 11.1 Å². The van der Waals surface area contributed by atoms with Crippen molar-refractivity contribution in [1.29, 1.82) is 0 Å². The lowest BCUT2D eigenvalue weighted by atomic mass is 10.0. The van der Waals surface area contributed by atoms with E-state index in [9.17, 15) is 5.11 Å². The Morgan fingerprint density at radius 1 is 0.882 bits per heavy atom. The van der Waals surface area contributed by atoms with Crippen molar-refractivity contribution in [3.63, 3.8) is 0 Å². The molecular formula is C15H16O2. The normalized spacial score (nSPS) is 14.3. The van der Waals surface area contributed by atoms with Gasteiger partial charge in [0.15, 0.2) is 5.79 Å². The van der Waals surface area contributed by atoms with E-state index in [0.717, 1.165) is 16.7 Å². The molecule has 0 fully saturated rings. The van der Waals surface area contributed by atoms with Crippen LogP contribution in [-0.2, 0) is 10.5 Å². The molecule has 0 aliphatic heterocycles. The predicted molar refractivity (Wildman–Crippen MR) is 68.5 cm³/mol. The first-order valence-corrected chi connectivity index (χ1v) is 5.57. The van der Waals surface area contributed by atoms with Crippen LogP contribution >= 0.6 is 0 Å². The van der Waals surface area contributed by atoms with Gasteiger partial charge in [0.25, 0.3) is 0 Å². The first-order valence-electron chi connectivity index (χ1n) is 5.57. The zero-order valence-electron chi connectivity index (χ0n) is 10.1. The molecule has 1 N–H and O–H groups in total. The summed E-state index contributed by atoms with van der Waals surface area (Å²) in [5, 5.41) is 9.93. The Balaban J connectivity index is 2.31. The van der Waals surface area contributed by atoms with E-state index < -0.39 is 5.79 Å². The molecule has 0 saturated carbocycles. The fourth-order valence-corrected chi connectivity index (χ4v) is 1.72. The molecule has 0 aromatic heterocycles. The Morgan fingerprint density at radius 2 is 1.41 bits per heavy atom. The highest BCUT2D eigenvalue weighted by Crippen LogP contribution is 2.25. The molecule has 0 radical (unpaired) electrons. The largest absolute Gasteiger partial charge is 0.362 e. The molecule has 2 aromatic rings. The van der Waals surface area contributed by atoms with E-state index in [-0.39, 0.29) is 0 Å². The molecule has 2 aromatic carbocycles. The maximum Gasteiger partial charge on any atom is 0.189 e. The van der Waals surface area contributed by atoms with Gasteiger partial charge in [-0.15, -0.1) is 0 Å². The summed E-state index contributed by atoms with van der Waals surface area (Å²) in [6.45, 7) is 1.63. The zero-order valence-corrected chi connectivity index (χ0v) is 10.1. The summed E-state index contributed by atoms with van der Waals surface area (Å²) in [6, 6.07) is 17.9. The SMILES string of the molecule is COC(C)(O)c1ccc(-c2ccccc2)cc1. The van der Waals surface area contributed by atoms with E-state index in [1.165, 1.54) is 7.11 Å². The Kier molecular flexibility index (Phi) is 3.27. The summed E-state index contributed by atoms with van der Waals surface area (Å²) in [4.78, 5) is 0. The van der Waals surface area contributed by atoms with Crippen molar-refractivity contribution in [2.24, 2.45) is 0 Å². The average molecular weight is 228 g/mol. The second kappa shape index (κ2) is 4.70. The number of hydrogen-bond donors (Lipinski definition) is 1. The molecule has 0 heterocycles. The number of hydrogen-bond acceptors (Lipinski definition) is 2. The van der Waals surface area contributed by atoms with Gasteiger partial charge >= 0.3 is 0 Å². The summed E-state index contributed by atoms with van der Waals surface area (Å²) in [5.74, 6) is -1.23. The third-order valence-corrected chi connectivity index (χ3v) is 2.93. The van der Waals surface area contributed by atoms with Crippen LogP contribution in [0, 0.1) is 0 Å². The maximum absolute atomic E-state index is 9.93. The van der Waals surface area contributed by atoms with E-state index >= 15 is 0 Å². The monoisotopic (exact) mass is 228 g/mol. The third kappa shape index (κ3) is 2.54. The van der Waals surface area contributed by atoms with Crippen molar-refractivity contribution in [2.45, 2.75) is 12.7 Å². The van der Waals surface area contributed by atoms with Gasteiger partial charge in [0.2, 0.25) is 0 Å². The maximum atomic E-state index is 9.93. The average Bonchev–Trinajstić information content (AvgIpc) is 2.40. The lowest BCUT2D eigenvalue weighted by molar-refractivity contribution is -0.179. The van der Waals surface area contributed by atoms with E-state index in [4.69, 9.17) is 4.74 Å². The molecular weight excluding hydrogens is 212 g/mol. The number of aliphatic hydroxyl groups is 1. The molecule has 17 heavy (non-hydrogen) atoms. The van der Waals surface area contributed by atoms with Gasteiger partial charge in [-0.2, -0.15) is 0 Å². The molecule has 2 nitrogen and oxygen atoms in total. The quantitative estimate of drug-likeness (QED) is 0.818. The molecule has 0 amide bonds. The van der Waals surface area contributed by atoms with Gasteiger partial charge in [0.1, 0.15) is 0 Å². The molecule has 0 aliphatic rings. The van der Waals surface area contributed by atoms with Crippen LogP contribution in [0.15, 0.2) is 54.6 Å². The lowest BCUT2D eigenvalue weighted by Gasteiger charge is -2.21. The lowest BCUT2D eigenvalue weighted by Crippen LogP contribution is -2.23. The zero-order chi connectivity index (χ0) is 12.3. The van der Waals surface area contributed by atoms with Gasteiger partial charge in [0, 0.05) is 12.7 Å². The van der Waals surface area contributed by atoms with Crippen LogP contribution in [0.25, 0.3) is 11.1 Å². The number of ether oxygens (including phenoxy) is 1. The minimum absolute atomic E-state index is 0.750. The van der Waals surface area contributed by atoms with Crippen molar-refractivity contribution >= 4 is 0 Å². The molecule has 1 unspecified atom stereocenters. The third-order valence-electron chi connectivity index (χ3n) is 2.93. The molecule has 0 saturated heterocycles. The van der Waals surface area contributed by atoms with Crippen molar-refractivity contribution < 1.29 is 9.84 Å². The molecule has 0 aliphatic carbocycles. The van der Waals surface area contributed by atoms with Crippen molar-refractivity contribution in [2.75, 3.05) is 7.11 Å². The first kappa shape index (κ1) is 11.8. The first-order chi connectivity index (χ1) is 8.13. The van der Waals surface area contributed by atoms with Crippen LogP contribution in [0.3, 0.4) is 0 Å². The summed E-state index contributed by atoms with van der Waals surface area (Å²) in [6.07, 6.45) is 0. The minimum atomic E-state index is -1.23. The van der Waals surface area contributed by atoms with Crippen molar-refractivity contribution in [3.05, 3.63) is 60.2 Å². The molecule has 1 atom stereocenters. The van der Waals surface area contributed by atoms with Gasteiger partial charge in [-0.3, -0.25) is 0 Å². The van der Waals surface area contributed by atoms with E-state index in [2.05, 4.69) is 12.1 Å². The second-order valence-corrected chi connectivity index (χ2v) is 4.13. The highest BCUT2D eigenvalue weighted by molar-refractivity contribution is 5.63. The van der Waals surface area contributed by atoms with E-state index in [1.54, 1.807) is 6.92 Å². The van der Waals surface area contributed by atoms with Crippen LogP contribution in [0.2, 0.25) is 0 Å². The minimum Gasteiger partial charge on any atom is -0.362 e. The van der Waals surface area contributed by atoms with Crippen molar-refractivity contribution in [1.82, 2.24) is 0 Å². The molecule has 88 valence electrons. The second-order valence-electron chi connectivity index (χ2n) is 4.13. The molecule has 2 heteroatoms. The van der Waals surface area contributed by atoms with Crippen LogP contribution in [0.5, 0.6) is 0 Å². The van der Waals surface area contributed by atoms with E-state index in [1.807, 2.05) is 42.5 Å². The number of methoxy groups -OCH3 is 1. The highest BCUT2D eigenvalue weighted by Gasteiger charge is 2.21. The number of benzene rings is 2. The predicted octanol–water partition coefficient (Wildman–Crippen LogP) is 3.17. The molecule has 0 spiro atoms. The summed E-state index contributed by atoms with van der Waals surface area (Å²) < 4.78 is 5.02. The Labute approximate surface area is 101 Å². The van der Waals surface area contributed by atoms with Gasteiger partial charge < -0.3 is 9.84 Å². The smallest absolute Gasteiger partial charge is 0.189 e. The van der Waals surface area contributed by atoms with E-state index in [0.29, 0.717) is 0 Å². The van der Waals surface area contributed by atoms with Crippen LogP contribution in [0.4, 0.5) is 0 Å². The topological polar surface area (TPSA) is 29.5 Å². The van der Waals surface area contributed by atoms with Gasteiger partial charge in [-0.1, -0.05) is 54.6 Å². The van der Waals surface area contributed by atoms with Gasteiger partial charge in [-0.05, 0) is 18.1 Å². The Morgan fingerprint density at radius 3 is 1.94 bits per heavy atom. The van der Waals surface area contributed by atoms with Crippen LogP contribution in [-0.4, -0.2) is 12.2 Å². The summed E-state index contributed by atoms with van der Waals surface area (Å²) >= 11 is 0. The van der Waals surface area contributed by atoms with Gasteiger partial charge in [-0.25, -0.2) is 0 Å². The fourth-order valence-electron chi connectivity index (χ4n) is 1.72. The molecule has 0 bridgehead atoms. The highest BCUT2D eigenvalue weighted by atomic mass is 16.6. The standard InChI is InChI=1S/C15H16O2/c1-15(16,17-2)14-10-8-13(9-11-14)12-6-4-3-5-7-12/h3-11,16H,1-2H3. The fraction of sp³-hybridized carbons (Fsp3) is 0.200. The van der Waals surface area contributed by atoms with Gasteiger partial charge in [0.05, 0.1) is 0 Å². The Bertz CT molecular complexity index is 472. The van der Waals surface area contributed by atoms with Crippen LogP contribution in [0.1, 0.15) is 12.5 Å². The molecule has 2 rings (SSSR count). The number of rotatable bonds is 3. The summed E-state index contributed by atoms with van der Waals surface area (Å²) in [7, 11) is 1.49. The Hall–Kier alpha value is -1.64.